The number of rotatable bonds is 8. The van der Waals surface area contributed by atoms with Gasteiger partial charge in [0.05, 0.1) is 11.5 Å². The van der Waals surface area contributed by atoms with Crippen LogP contribution in [0.25, 0.3) is 0 Å². The third-order valence-corrected chi connectivity index (χ3v) is 5.86. The van der Waals surface area contributed by atoms with Gasteiger partial charge in [-0.2, -0.15) is 13.5 Å². The Labute approximate surface area is 193 Å². The summed E-state index contributed by atoms with van der Waals surface area (Å²) in [6, 6.07) is 15.3. The van der Waals surface area contributed by atoms with E-state index in [-0.39, 0.29) is 21.9 Å². The van der Waals surface area contributed by atoms with Crippen LogP contribution in [0.1, 0.15) is 15.9 Å². The molecule has 172 valence electrons. The summed E-state index contributed by atoms with van der Waals surface area (Å²) in [4.78, 5) is 26.3. The molecule has 12 heteroatoms. The third kappa shape index (κ3) is 5.42. The van der Waals surface area contributed by atoms with Crippen LogP contribution >= 0.6 is 0 Å². The molecule has 1 N–H and O–H groups in total. The molecule has 4 aromatic rings. The van der Waals surface area contributed by atoms with Crippen molar-refractivity contribution in [2.24, 2.45) is 0 Å². The normalized spacial score (nSPS) is 11.1. The first-order chi connectivity index (χ1) is 16.3. The van der Waals surface area contributed by atoms with Crippen LogP contribution in [-0.2, 0) is 16.7 Å². The summed E-state index contributed by atoms with van der Waals surface area (Å²) in [7, 11) is -4.30. The van der Waals surface area contributed by atoms with E-state index in [4.69, 9.17) is 4.18 Å². The van der Waals surface area contributed by atoms with E-state index >= 15 is 0 Å². The van der Waals surface area contributed by atoms with Crippen molar-refractivity contribution >= 4 is 27.5 Å². The third-order valence-electron chi connectivity index (χ3n) is 4.62. The highest BCUT2D eigenvalue weighted by Gasteiger charge is 2.20. The van der Waals surface area contributed by atoms with Crippen molar-refractivity contribution in [2.45, 2.75) is 11.4 Å². The van der Waals surface area contributed by atoms with E-state index in [2.05, 4.69) is 15.4 Å². The Morgan fingerprint density at radius 2 is 1.79 bits per heavy atom. The fourth-order valence-electron chi connectivity index (χ4n) is 2.97. The van der Waals surface area contributed by atoms with Gasteiger partial charge in [-0.1, -0.05) is 6.07 Å². The summed E-state index contributed by atoms with van der Waals surface area (Å²) in [5.41, 5.74) is 0.885. The molecule has 0 atom stereocenters. The van der Waals surface area contributed by atoms with E-state index in [1.165, 1.54) is 42.5 Å². The molecule has 2 aromatic carbocycles. The molecule has 0 saturated carbocycles. The molecule has 0 unspecified atom stereocenters. The molecule has 1 amide bonds. The molecule has 4 rings (SSSR count). The monoisotopic (exact) mass is 479 g/mol. The topological polar surface area (TPSA) is 146 Å². The maximum absolute atomic E-state index is 12.5. The number of non-ortho nitro benzene ring substituents is 1. The standard InChI is InChI=1S/C22H17N5O6S/c28-22(24-21-10-13-26(25-21)15-16-8-11-23-12-9-16)17-4-6-19(7-5-17)33-34(31,32)20-3-1-2-18(14-20)27(29)30/h1-14H,15H2,(H,24,25,28). The fourth-order valence-corrected chi connectivity index (χ4v) is 3.94. The van der Waals surface area contributed by atoms with Gasteiger partial charge in [-0.3, -0.25) is 24.6 Å². The Morgan fingerprint density at radius 3 is 2.50 bits per heavy atom. The van der Waals surface area contributed by atoms with Crippen LogP contribution in [0.3, 0.4) is 0 Å². The van der Waals surface area contributed by atoms with E-state index in [0.29, 0.717) is 12.4 Å². The van der Waals surface area contributed by atoms with Crippen LogP contribution in [0.4, 0.5) is 11.5 Å². The first-order valence-corrected chi connectivity index (χ1v) is 11.2. The summed E-state index contributed by atoms with van der Waals surface area (Å²) in [5.74, 6) is -0.139. The van der Waals surface area contributed by atoms with Gasteiger partial charge in [0, 0.05) is 42.4 Å². The highest BCUT2D eigenvalue weighted by Crippen LogP contribution is 2.22. The number of nitro groups is 1. The Morgan fingerprint density at radius 1 is 1.06 bits per heavy atom. The first kappa shape index (κ1) is 22.6. The lowest BCUT2D eigenvalue weighted by Crippen LogP contribution is -2.13. The van der Waals surface area contributed by atoms with Gasteiger partial charge in [0.25, 0.3) is 11.6 Å². The average molecular weight is 479 g/mol. The van der Waals surface area contributed by atoms with Crippen molar-refractivity contribution in [1.29, 1.82) is 0 Å². The van der Waals surface area contributed by atoms with Crippen molar-refractivity contribution in [3.63, 3.8) is 0 Å². The maximum atomic E-state index is 12.5. The molecule has 2 aromatic heterocycles. The number of carbonyl (C=O) groups excluding carboxylic acids is 1. The molecular formula is C22H17N5O6S. The SMILES string of the molecule is O=C(Nc1ccn(Cc2ccncc2)n1)c1ccc(OS(=O)(=O)c2cccc([N+](=O)[O-])c2)cc1. The van der Waals surface area contributed by atoms with Gasteiger partial charge in [-0.15, -0.1) is 0 Å². The van der Waals surface area contributed by atoms with Crippen LogP contribution in [0.15, 0.2) is 90.2 Å². The van der Waals surface area contributed by atoms with Crippen molar-refractivity contribution in [3.8, 4) is 5.75 Å². The number of hydrogen-bond acceptors (Lipinski definition) is 8. The summed E-state index contributed by atoms with van der Waals surface area (Å²) < 4.78 is 31.6. The molecule has 34 heavy (non-hydrogen) atoms. The number of carbonyl (C=O) groups is 1. The quantitative estimate of drug-likeness (QED) is 0.230. The molecule has 0 bridgehead atoms. The molecule has 0 radical (unpaired) electrons. The number of nitro benzene ring substituents is 1. The molecular weight excluding hydrogens is 462 g/mol. The average Bonchev–Trinajstić information content (AvgIpc) is 3.26. The van der Waals surface area contributed by atoms with Gasteiger partial charge >= 0.3 is 10.1 Å². The molecule has 2 heterocycles. The van der Waals surface area contributed by atoms with E-state index in [0.717, 1.165) is 11.6 Å². The van der Waals surface area contributed by atoms with Crippen LogP contribution in [0.2, 0.25) is 0 Å². The zero-order valence-corrected chi connectivity index (χ0v) is 18.3. The van der Waals surface area contributed by atoms with Gasteiger partial charge in [0.15, 0.2) is 5.82 Å². The lowest BCUT2D eigenvalue weighted by atomic mass is 10.2. The van der Waals surface area contributed by atoms with Gasteiger partial charge in [0.2, 0.25) is 0 Å². The number of amides is 1. The fraction of sp³-hybridized carbons (Fsp3) is 0.0455. The van der Waals surface area contributed by atoms with Crippen molar-refractivity contribution < 1.29 is 22.3 Å². The minimum atomic E-state index is -4.30. The van der Waals surface area contributed by atoms with Crippen LogP contribution in [-0.4, -0.2) is 34.0 Å². The number of aromatic nitrogens is 3. The van der Waals surface area contributed by atoms with E-state index in [1.807, 2.05) is 12.1 Å². The molecule has 0 spiro atoms. The Bertz CT molecular complexity index is 1440. The molecule has 0 aliphatic carbocycles. The van der Waals surface area contributed by atoms with Crippen molar-refractivity contribution in [3.05, 3.63) is 107 Å². The summed E-state index contributed by atoms with van der Waals surface area (Å²) in [5, 5.41) is 17.8. The van der Waals surface area contributed by atoms with Crippen molar-refractivity contribution in [2.75, 3.05) is 5.32 Å². The van der Waals surface area contributed by atoms with Crippen LogP contribution in [0, 0.1) is 10.1 Å². The number of pyridine rings is 1. The summed E-state index contributed by atoms with van der Waals surface area (Å²) in [6.45, 7) is 0.517. The molecule has 0 saturated heterocycles. The number of anilines is 1. The Kier molecular flexibility index (Phi) is 6.32. The van der Waals surface area contributed by atoms with E-state index in [1.54, 1.807) is 29.3 Å². The maximum Gasteiger partial charge on any atom is 0.339 e. The number of hydrogen-bond donors (Lipinski definition) is 1. The zero-order chi connectivity index (χ0) is 24.1. The molecule has 0 aliphatic rings. The van der Waals surface area contributed by atoms with Crippen LogP contribution < -0.4 is 9.50 Å². The lowest BCUT2D eigenvalue weighted by Gasteiger charge is -2.08. The van der Waals surface area contributed by atoms with Gasteiger partial charge < -0.3 is 9.50 Å². The number of benzene rings is 2. The Balaban J connectivity index is 1.40. The highest BCUT2D eigenvalue weighted by atomic mass is 32.2. The zero-order valence-electron chi connectivity index (χ0n) is 17.4. The molecule has 0 aliphatic heterocycles. The highest BCUT2D eigenvalue weighted by molar-refractivity contribution is 7.87. The number of nitrogens with one attached hydrogen (secondary N) is 1. The molecule has 11 nitrogen and oxygen atoms in total. The lowest BCUT2D eigenvalue weighted by molar-refractivity contribution is -0.385. The number of nitrogens with zero attached hydrogens (tertiary/aromatic N) is 4. The van der Waals surface area contributed by atoms with Gasteiger partial charge in [-0.05, 0) is 48.0 Å². The van der Waals surface area contributed by atoms with Crippen LogP contribution in [0.5, 0.6) is 5.75 Å². The Hall–Kier alpha value is -4.58. The van der Waals surface area contributed by atoms with Gasteiger partial charge in [0.1, 0.15) is 10.6 Å². The van der Waals surface area contributed by atoms with E-state index in [9.17, 15) is 23.3 Å². The molecule has 0 fully saturated rings. The minimum absolute atomic E-state index is 0.0512. The predicted octanol–water partition coefficient (Wildman–Crippen LogP) is 3.25. The largest absolute Gasteiger partial charge is 0.379 e. The first-order valence-electron chi connectivity index (χ1n) is 9.83. The predicted molar refractivity (Wildman–Crippen MR) is 121 cm³/mol. The second-order valence-corrected chi connectivity index (χ2v) is 8.57. The summed E-state index contributed by atoms with van der Waals surface area (Å²) >= 11 is 0. The van der Waals surface area contributed by atoms with Crippen molar-refractivity contribution in [1.82, 2.24) is 14.8 Å². The second kappa shape index (κ2) is 9.50. The smallest absolute Gasteiger partial charge is 0.339 e. The van der Waals surface area contributed by atoms with E-state index < -0.39 is 20.9 Å². The van der Waals surface area contributed by atoms with Gasteiger partial charge in [-0.25, -0.2) is 0 Å². The second-order valence-electron chi connectivity index (χ2n) is 7.02. The minimum Gasteiger partial charge on any atom is -0.379 e. The summed E-state index contributed by atoms with van der Waals surface area (Å²) in [6.07, 6.45) is 5.10.